The first-order chi connectivity index (χ1) is 13.0. The van der Waals surface area contributed by atoms with Gasteiger partial charge in [-0.15, -0.1) is 0 Å². The molecule has 0 radical (unpaired) electrons. The Balaban J connectivity index is 1.69. The molecule has 1 aromatic heterocycles. The molecule has 2 heteroatoms. The molecule has 0 aliphatic heterocycles. The van der Waals surface area contributed by atoms with Crippen LogP contribution in [0.1, 0.15) is 22.3 Å². The summed E-state index contributed by atoms with van der Waals surface area (Å²) in [6.07, 6.45) is 2.04. The summed E-state index contributed by atoms with van der Waals surface area (Å²) in [6, 6.07) is 23.6. The monoisotopic (exact) mass is 352 g/mol. The number of aromatic nitrogens is 2. The fraction of sp³-hybridized carbons (Fsp3) is 0.160. The smallest absolute Gasteiger partial charge is 0.0932 e. The van der Waals surface area contributed by atoms with Crippen LogP contribution < -0.4 is 0 Å². The Hall–Kier alpha value is -3.13. The van der Waals surface area contributed by atoms with Crippen LogP contribution in [-0.4, -0.2) is 9.78 Å². The topological polar surface area (TPSA) is 17.8 Å². The summed E-state index contributed by atoms with van der Waals surface area (Å²) in [5.74, 6) is 0. The maximum absolute atomic E-state index is 4.83. The van der Waals surface area contributed by atoms with Crippen molar-refractivity contribution in [1.82, 2.24) is 9.78 Å². The lowest BCUT2D eigenvalue weighted by Gasteiger charge is -2.11. The quantitative estimate of drug-likeness (QED) is 0.415. The Morgan fingerprint density at radius 1 is 0.593 bits per heavy atom. The van der Waals surface area contributed by atoms with E-state index in [9.17, 15) is 0 Å². The molecule has 0 atom stereocenters. The fourth-order valence-electron chi connectivity index (χ4n) is 3.87. The summed E-state index contributed by atoms with van der Waals surface area (Å²) in [7, 11) is 0. The van der Waals surface area contributed by atoms with Crippen LogP contribution >= 0.6 is 0 Å². The number of aryl methyl sites for hydroxylation is 4. The molecule has 134 valence electrons. The van der Waals surface area contributed by atoms with Gasteiger partial charge >= 0.3 is 0 Å². The molecule has 0 saturated heterocycles. The molecule has 4 rings (SSSR count). The van der Waals surface area contributed by atoms with Gasteiger partial charge in [-0.1, -0.05) is 48.5 Å². The molecule has 27 heavy (non-hydrogen) atoms. The van der Waals surface area contributed by atoms with E-state index in [0.717, 1.165) is 11.4 Å². The zero-order chi connectivity index (χ0) is 19.0. The standard InChI is InChI=1S/C25H24N2/c1-17-7-5-8-18(2)24(17)21-11-13-22(14-12-21)27-16-15-23(26-27)25-19(3)9-6-10-20(25)4/h5-16H,1-4H3. The summed E-state index contributed by atoms with van der Waals surface area (Å²) in [5.41, 5.74) is 11.0. The molecule has 0 aliphatic carbocycles. The van der Waals surface area contributed by atoms with Crippen LogP contribution in [0.5, 0.6) is 0 Å². The highest BCUT2D eigenvalue weighted by Gasteiger charge is 2.10. The van der Waals surface area contributed by atoms with Gasteiger partial charge in [-0.3, -0.25) is 0 Å². The first kappa shape index (κ1) is 17.3. The molecule has 3 aromatic carbocycles. The van der Waals surface area contributed by atoms with E-state index >= 15 is 0 Å². The van der Waals surface area contributed by atoms with Crippen molar-refractivity contribution in [1.29, 1.82) is 0 Å². The van der Waals surface area contributed by atoms with Crippen molar-refractivity contribution in [3.8, 4) is 28.1 Å². The first-order valence-electron chi connectivity index (χ1n) is 9.34. The second-order valence-corrected chi connectivity index (χ2v) is 7.23. The van der Waals surface area contributed by atoms with E-state index in [2.05, 4.69) is 94.4 Å². The van der Waals surface area contributed by atoms with Crippen LogP contribution in [0.4, 0.5) is 0 Å². The molecular formula is C25H24N2. The molecule has 0 amide bonds. The van der Waals surface area contributed by atoms with Crippen molar-refractivity contribution >= 4 is 0 Å². The molecule has 0 saturated carbocycles. The van der Waals surface area contributed by atoms with Gasteiger partial charge in [0, 0.05) is 11.8 Å². The lowest BCUT2D eigenvalue weighted by atomic mass is 9.96. The minimum atomic E-state index is 1.02. The van der Waals surface area contributed by atoms with Crippen molar-refractivity contribution in [2.45, 2.75) is 27.7 Å². The Morgan fingerprint density at radius 2 is 1.11 bits per heavy atom. The second kappa shape index (κ2) is 6.88. The predicted molar refractivity (Wildman–Crippen MR) is 113 cm³/mol. The van der Waals surface area contributed by atoms with Crippen LogP contribution in [0.15, 0.2) is 72.9 Å². The minimum Gasteiger partial charge on any atom is -0.240 e. The average molecular weight is 352 g/mol. The maximum atomic E-state index is 4.83. The first-order valence-corrected chi connectivity index (χ1v) is 9.34. The molecule has 1 heterocycles. The normalized spacial score (nSPS) is 11.0. The number of rotatable bonds is 3. The van der Waals surface area contributed by atoms with Crippen LogP contribution in [-0.2, 0) is 0 Å². The maximum Gasteiger partial charge on any atom is 0.0932 e. The molecule has 0 spiro atoms. The summed E-state index contributed by atoms with van der Waals surface area (Å²) in [4.78, 5) is 0. The van der Waals surface area contributed by atoms with E-state index in [1.807, 2.05) is 10.9 Å². The van der Waals surface area contributed by atoms with Crippen molar-refractivity contribution < 1.29 is 0 Å². The largest absolute Gasteiger partial charge is 0.240 e. The summed E-state index contributed by atoms with van der Waals surface area (Å²) >= 11 is 0. The number of hydrogen-bond acceptors (Lipinski definition) is 1. The zero-order valence-electron chi connectivity index (χ0n) is 16.3. The third-order valence-corrected chi connectivity index (χ3v) is 5.23. The van der Waals surface area contributed by atoms with Gasteiger partial charge in [-0.25, -0.2) is 4.68 Å². The van der Waals surface area contributed by atoms with E-state index < -0.39 is 0 Å². The van der Waals surface area contributed by atoms with Crippen LogP contribution in [0, 0.1) is 27.7 Å². The van der Waals surface area contributed by atoms with Crippen LogP contribution in [0.25, 0.3) is 28.1 Å². The van der Waals surface area contributed by atoms with Gasteiger partial charge in [0.2, 0.25) is 0 Å². The van der Waals surface area contributed by atoms with Crippen molar-refractivity contribution in [3.63, 3.8) is 0 Å². The Morgan fingerprint density at radius 3 is 1.67 bits per heavy atom. The second-order valence-electron chi connectivity index (χ2n) is 7.23. The predicted octanol–water partition coefficient (Wildman–Crippen LogP) is 6.44. The van der Waals surface area contributed by atoms with Crippen LogP contribution in [0.2, 0.25) is 0 Å². The molecule has 2 nitrogen and oxygen atoms in total. The highest BCUT2D eigenvalue weighted by molar-refractivity contribution is 5.71. The highest BCUT2D eigenvalue weighted by atomic mass is 15.3. The van der Waals surface area contributed by atoms with Crippen molar-refractivity contribution in [2.24, 2.45) is 0 Å². The summed E-state index contributed by atoms with van der Waals surface area (Å²) in [5, 5.41) is 4.83. The molecule has 4 aromatic rings. The lowest BCUT2D eigenvalue weighted by molar-refractivity contribution is 0.883. The Labute approximate surface area is 161 Å². The molecule has 0 N–H and O–H groups in total. The van der Waals surface area contributed by atoms with E-state index in [0.29, 0.717) is 0 Å². The van der Waals surface area contributed by atoms with Crippen molar-refractivity contribution in [3.05, 3.63) is 95.2 Å². The fourth-order valence-corrected chi connectivity index (χ4v) is 3.87. The zero-order valence-corrected chi connectivity index (χ0v) is 16.3. The third-order valence-electron chi connectivity index (χ3n) is 5.23. The van der Waals surface area contributed by atoms with Gasteiger partial charge in [0.25, 0.3) is 0 Å². The Bertz CT molecular complexity index is 1060. The average Bonchev–Trinajstić information content (AvgIpc) is 3.12. The van der Waals surface area contributed by atoms with Gasteiger partial charge in [0.05, 0.1) is 11.4 Å². The number of benzene rings is 3. The summed E-state index contributed by atoms with van der Waals surface area (Å²) in [6.45, 7) is 8.61. The van der Waals surface area contributed by atoms with E-state index in [4.69, 9.17) is 5.10 Å². The molecular weight excluding hydrogens is 328 g/mol. The molecule has 0 fully saturated rings. The van der Waals surface area contributed by atoms with E-state index in [1.54, 1.807) is 0 Å². The lowest BCUT2D eigenvalue weighted by Crippen LogP contribution is -1.96. The van der Waals surface area contributed by atoms with E-state index in [1.165, 1.54) is 38.9 Å². The third kappa shape index (κ3) is 3.19. The minimum absolute atomic E-state index is 1.02. The van der Waals surface area contributed by atoms with Crippen molar-refractivity contribution in [2.75, 3.05) is 0 Å². The summed E-state index contributed by atoms with van der Waals surface area (Å²) < 4.78 is 1.95. The molecule has 0 bridgehead atoms. The highest BCUT2D eigenvalue weighted by Crippen LogP contribution is 2.29. The van der Waals surface area contributed by atoms with Gasteiger partial charge < -0.3 is 0 Å². The van der Waals surface area contributed by atoms with E-state index in [-0.39, 0.29) is 0 Å². The van der Waals surface area contributed by atoms with Gasteiger partial charge in [0.1, 0.15) is 0 Å². The molecule has 0 unspecified atom stereocenters. The SMILES string of the molecule is Cc1cccc(C)c1-c1ccc(-n2ccc(-c3c(C)cccc3C)n2)cc1. The molecule has 0 aliphatic rings. The van der Waals surface area contributed by atoms with Gasteiger partial charge in [0.15, 0.2) is 0 Å². The van der Waals surface area contributed by atoms with Gasteiger partial charge in [-0.05, 0) is 79.3 Å². The number of nitrogens with zero attached hydrogens (tertiary/aromatic N) is 2. The van der Waals surface area contributed by atoms with Gasteiger partial charge in [-0.2, -0.15) is 5.10 Å². The Kier molecular flexibility index (Phi) is 4.41. The van der Waals surface area contributed by atoms with Crippen LogP contribution in [0.3, 0.4) is 0 Å². The number of hydrogen-bond donors (Lipinski definition) is 0.